The Hall–Kier alpha value is -3.18. The van der Waals surface area contributed by atoms with Gasteiger partial charge in [0.15, 0.2) is 0 Å². The molecule has 0 radical (unpaired) electrons. The van der Waals surface area contributed by atoms with E-state index in [1.165, 1.54) is 36.4 Å². The number of carbonyl (C=O) groups excluding carboxylic acids is 2. The third kappa shape index (κ3) is 4.33. The van der Waals surface area contributed by atoms with Crippen molar-refractivity contribution < 1.29 is 14.0 Å². The molecule has 2 N–H and O–H groups in total. The highest BCUT2D eigenvalue weighted by atomic mass is 35.5. The van der Waals surface area contributed by atoms with Gasteiger partial charge in [-0.05, 0) is 61.0 Å². The van der Waals surface area contributed by atoms with Crippen LogP contribution in [0.4, 0.5) is 15.8 Å². The molecule has 3 rings (SSSR count). The quantitative estimate of drug-likeness (QED) is 0.644. The largest absolute Gasteiger partial charge is 0.322 e. The fourth-order valence-electron chi connectivity index (χ4n) is 2.47. The Bertz CT molecular complexity index is 1000. The van der Waals surface area contributed by atoms with Crippen molar-refractivity contribution in [3.8, 4) is 0 Å². The van der Waals surface area contributed by atoms with Gasteiger partial charge in [-0.15, -0.1) is 0 Å². The monoisotopic (exact) mass is 382 g/mol. The van der Waals surface area contributed by atoms with Crippen LogP contribution in [-0.4, -0.2) is 11.8 Å². The van der Waals surface area contributed by atoms with Gasteiger partial charge < -0.3 is 10.6 Å². The fraction of sp³-hybridized carbons (Fsp3) is 0.0476. The Morgan fingerprint density at radius 3 is 1.89 bits per heavy atom. The molecule has 0 aliphatic heterocycles. The topological polar surface area (TPSA) is 58.2 Å². The Kier molecular flexibility index (Phi) is 5.52. The van der Waals surface area contributed by atoms with Crippen molar-refractivity contribution in [1.29, 1.82) is 0 Å². The zero-order valence-corrected chi connectivity index (χ0v) is 15.2. The van der Waals surface area contributed by atoms with Gasteiger partial charge >= 0.3 is 0 Å². The maximum Gasteiger partial charge on any atom is 0.255 e. The summed E-state index contributed by atoms with van der Waals surface area (Å²) < 4.78 is 13.6. The standard InChI is InChI=1S/C21H16ClFN2O2/c1-13-16(22)5-4-8-18(13)24-20(26)14-9-11-15(12-10-14)21(27)25-19-7-3-2-6-17(19)23/h2-12H,1H3,(H,24,26)(H,25,27). The van der Waals surface area contributed by atoms with Crippen LogP contribution in [0.5, 0.6) is 0 Å². The molecule has 0 saturated heterocycles. The van der Waals surface area contributed by atoms with Gasteiger partial charge in [-0.25, -0.2) is 4.39 Å². The first-order chi connectivity index (χ1) is 13.0. The first kappa shape index (κ1) is 18.6. The first-order valence-electron chi connectivity index (χ1n) is 8.18. The molecule has 0 atom stereocenters. The van der Waals surface area contributed by atoms with Crippen molar-refractivity contribution in [3.05, 3.63) is 94.3 Å². The molecular formula is C21H16ClFN2O2. The lowest BCUT2D eigenvalue weighted by Gasteiger charge is -2.10. The van der Waals surface area contributed by atoms with Gasteiger partial charge in [0.05, 0.1) is 5.69 Å². The van der Waals surface area contributed by atoms with E-state index in [-0.39, 0.29) is 11.6 Å². The van der Waals surface area contributed by atoms with Crippen LogP contribution >= 0.6 is 11.6 Å². The van der Waals surface area contributed by atoms with Crippen LogP contribution in [0.2, 0.25) is 5.02 Å². The molecule has 3 aromatic rings. The van der Waals surface area contributed by atoms with Crippen molar-refractivity contribution in [1.82, 2.24) is 0 Å². The molecule has 27 heavy (non-hydrogen) atoms. The summed E-state index contributed by atoms with van der Waals surface area (Å²) in [5, 5.41) is 5.85. The van der Waals surface area contributed by atoms with E-state index in [1.807, 2.05) is 6.92 Å². The molecule has 0 aromatic heterocycles. The molecule has 0 saturated carbocycles. The highest BCUT2D eigenvalue weighted by Gasteiger charge is 2.12. The molecule has 136 valence electrons. The molecule has 0 unspecified atom stereocenters. The molecule has 0 fully saturated rings. The van der Waals surface area contributed by atoms with E-state index in [0.717, 1.165) is 5.56 Å². The molecule has 2 amide bonds. The van der Waals surface area contributed by atoms with Gasteiger partial charge in [0.25, 0.3) is 11.8 Å². The summed E-state index contributed by atoms with van der Waals surface area (Å²) in [6, 6.07) is 17.3. The van der Waals surface area contributed by atoms with Crippen LogP contribution < -0.4 is 10.6 Å². The summed E-state index contributed by atoms with van der Waals surface area (Å²) >= 11 is 6.05. The number of rotatable bonds is 4. The lowest BCUT2D eigenvalue weighted by Crippen LogP contribution is -2.15. The zero-order chi connectivity index (χ0) is 19.4. The van der Waals surface area contributed by atoms with E-state index < -0.39 is 11.7 Å². The van der Waals surface area contributed by atoms with Gasteiger partial charge in [0.2, 0.25) is 0 Å². The van der Waals surface area contributed by atoms with Crippen LogP contribution in [-0.2, 0) is 0 Å². The molecule has 3 aromatic carbocycles. The first-order valence-corrected chi connectivity index (χ1v) is 8.56. The lowest BCUT2D eigenvalue weighted by atomic mass is 10.1. The number of anilines is 2. The minimum Gasteiger partial charge on any atom is -0.322 e. The lowest BCUT2D eigenvalue weighted by molar-refractivity contribution is 0.101. The third-order valence-electron chi connectivity index (χ3n) is 4.05. The number of benzene rings is 3. The Morgan fingerprint density at radius 1 is 0.778 bits per heavy atom. The van der Waals surface area contributed by atoms with Gasteiger partial charge in [-0.1, -0.05) is 29.8 Å². The van der Waals surface area contributed by atoms with Crippen molar-refractivity contribution in [3.63, 3.8) is 0 Å². The van der Waals surface area contributed by atoms with Gasteiger partial charge in [0, 0.05) is 21.8 Å². The maximum atomic E-state index is 13.6. The third-order valence-corrected chi connectivity index (χ3v) is 4.46. The van der Waals surface area contributed by atoms with E-state index in [9.17, 15) is 14.0 Å². The summed E-state index contributed by atoms with van der Waals surface area (Å²) in [6.07, 6.45) is 0. The number of hydrogen-bond donors (Lipinski definition) is 2. The predicted molar refractivity (Wildman–Crippen MR) is 105 cm³/mol. The van der Waals surface area contributed by atoms with E-state index in [4.69, 9.17) is 11.6 Å². The molecule has 0 bridgehead atoms. The number of carbonyl (C=O) groups is 2. The Labute approximate surface area is 161 Å². The van der Waals surface area contributed by atoms with Crippen molar-refractivity contribution in [2.45, 2.75) is 6.92 Å². The molecule has 6 heteroatoms. The highest BCUT2D eigenvalue weighted by Crippen LogP contribution is 2.23. The Balaban J connectivity index is 1.71. The average Bonchev–Trinajstić information content (AvgIpc) is 2.67. The van der Waals surface area contributed by atoms with Crippen molar-refractivity contribution in [2.24, 2.45) is 0 Å². The minimum absolute atomic E-state index is 0.0979. The number of hydrogen-bond acceptors (Lipinski definition) is 2. The molecule has 0 aliphatic rings. The van der Waals surface area contributed by atoms with Gasteiger partial charge in [-0.2, -0.15) is 0 Å². The molecule has 0 aliphatic carbocycles. The fourth-order valence-corrected chi connectivity index (χ4v) is 2.64. The van der Waals surface area contributed by atoms with Crippen LogP contribution in [0, 0.1) is 12.7 Å². The summed E-state index contributed by atoms with van der Waals surface area (Å²) in [4.78, 5) is 24.6. The van der Waals surface area contributed by atoms with E-state index in [2.05, 4.69) is 10.6 Å². The van der Waals surface area contributed by atoms with E-state index in [1.54, 1.807) is 30.3 Å². The number of halogens is 2. The predicted octanol–water partition coefficient (Wildman–Crippen LogP) is 5.29. The molecule has 0 spiro atoms. The van der Waals surface area contributed by atoms with Crippen molar-refractivity contribution in [2.75, 3.05) is 10.6 Å². The second kappa shape index (κ2) is 8.01. The second-order valence-corrected chi connectivity index (χ2v) is 6.29. The summed E-state index contributed by atoms with van der Waals surface area (Å²) in [7, 11) is 0. The van der Waals surface area contributed by atoms with Gasteiger partial charge in [0.1, 0.15) is 5.82 Å². The summed E-state index contributed by atoms with van der Waals surface area (Å²) in [6.45, 7) is 1.81. The maximum absolute atomic E-state index is 13.6. The van der Waals surface area contributed by atoms with Crippen LogP contribution in [0.25, 0.3) is 0 Å². The van der Waals surface area contributed by atoms with Crippen LogP contribution in [0.3, 0.4) is 0 Å². The SMILES string of the molecule is Cc1c(Cl)cccc1NC(=O)c1ccc(C(=O)Nc2ccccc2F)cc1. The number of amides is 2. The second-order valence-electron chi connectivity index (χ2n) is 5.88. The highest BCUT2D eigenvalue weighted by molar-refractivity contribution is 6.31. The van der Waals surface area contributed by atoms with Crippen LogP contribution in [0.15, 0.2) is 66.7 Å². The Morgan fingerprint density at radius 2 is 1.30 bits per heavy atom. The van der Waals surface area contributed by atoms with E-state index in [0.29, 0.717) is 21.8 Å². The molecule has 0 heterocycles. The number of nitrogens with one attached hydrogen (secondary N) is 2. The van der Waals surface area contributed by atoms with Crippen molar-refractivity contribution >= 4 is 34.8 Å². The summed E-state index contributed by atoms with van der Waals surface area (Å²) in [5.74, 6) is -1.29. The average molecular weight is 383 g/mol. The molecule has 4 nitrogen and oxygen atoms in total. The van der Waals surface area contributed by atoms with E-state index >= 15 is 0 Å². The van der Waals surface area contributed by atoms with Gasteiger partial charge in [-0.3, -0.25) is 9.59 Å². The zero-order valence-electron chi connectivity index (χ0n) is 14.4. The number of para-hydroxylation sites is 1. The normalized spacial score (nSPS) is 10.3. The minimum atomic E-state index is -0.515. The summed E-state index contributed by atoms with van der Waals surface area (Å²) in [5.41, 5.74) is 2.19. The molecular weight excluding hydrogens is 367 g/mol. The smallest absolute Gasteiger partial charge is 0.255 e. The van der Waals surface area contributed by atoms with Crippen LogP contribution in [0.1, 0.15) is 26.3 Å².